The second kappa shape index (κ2) is 14.0. The molecule has 0 radical (unpaired) electrons. The highest BCUT2D eigenvalue weighted by atomic mass is 15.1. The van der Waals surface area contributed by atoms with Gasteiger partial charge in [0.1, 0.15) is 0 Å². The molecule has 0 fully saturated rings. The van der Waals surface area contributed by atoms with Crippen molar-refractivity contribution in [3.05, 3.63) is 220 Å². The molecule has 1 heteroatoms. The maximum atomic E-state index is 2.54. The summed E-state index contributed by atoms with van der Waals surface area (Å²) in [5.41, 5.74) is 25.0. The Bertz CT molecular complexity index is 3080. The summed E-state index contributed by atoms with van der Waals surface area (Å²) >= 11 is 0. The number of aryl methyl sites for hydroxylation is 1. The molecule has 0 saturated carbocycles. The molecule has 8 aromatic carbocycles. The molecule has 1 nitrogen and oxygen atoms in total. The van der Waals surface area contributed by atoms with Gasteiger partial charge in [0.25, 0.3) is 0 Å². The van der Waals surface area contributed by atoms with Crippen LogP contribution in [0.15, 0.2) is 176 Å². The van der Waals surface area contributed by atoms with Gasteiger partial charge in [-0.3, -0.25) is 0 Å². The lowest BCUT2D eigenvalue weighted by Gasteiger charge is -2.33. The van der Waals surface area contributed by atoms with E-state index < -0.39 is 0 Å². The third-order valence-electron chi connectivity index (χ3n) is 14.8. The second-order valence-electron chi connectivity index (χ2n) is 20.9. The first kappa shape index (κ1) is 39.4. The Labute approximate surface area is 375 Å². The molecular formula is C62H57N. The molecule has 1 atom stereocenters. The largest absolute Gasteiger partial charge is 0.310 e. The summed E-state index contributed by atoms with van der Waals surface area (Å²) in [6.07, 6.45) is 2.16. The zero-order valence-corrected chi connectivity index (χ0v) is 38.1. The van der Waals surface area contributed by atoms with Gasteiger partial charge in [0, 0.05) is 27.9 Å². The molecule has 1 spiro atoms. The van der Waals surface area contributed by atoms with Gasteiger partial charge in [0.15, 0.2) is 0 Å². The molecule has 3 aliphatic rings. The minimum Gasteiger partial charge on any atom is -0.310 e. The van der Waals surface area contributed by atoms with Crippen molar-refractivity contribution in [2.24, 2.45) is 0 Å². The van der Waals surface area contributed by atoms with Crippen LogP contribution in [0.1, 0.15) is 106 Å². The number of benzene rings is 8. The van der Waals surface area contributed by atoms with Crippen molar-refractivity contribution in [3.63, 3.8) is 0 Å². The van der Waals surface area contributed by atoms with E-state index in [-0.39, 0.29) is 21.7 Å². The highest BCUT2D eigenvalue weighted by molar-refractivity contribution is 5.94. The number of hydrogen-bond donors (Lipinski definition) is 0. The molecule has 0 amide bonds. The Kier molecular flexibility index (Phi) is 8.78. The van der Waals surface area contributed by atoms with Gasteiger partial charge in [0.2, 0.25) is 0 Å². The number of hydrogen-bond acceptors (Lipinski definition) is 1. The molecule has 0 aromatic heterocycles. The van der Waals surface area contributed by atoms with Crippen LogP contribution >= 0.6 is 0 Å². The summed E-state index contributed by atoms with van der Waals surface area (Å²) in [6, 6.07) is 67.2. The lowest BCUT2D eigenvalue weighted by atomic mass is 9.73. The van der Waals surface area contributed by atoms with Crippen molar-refractivity contribution < 1.29 is 0 Å². The van der Waals surface area contributed by atoms with Crippen LogP contribution in [0.25, 0.3) is 44.5 Å². The molecule has 3 aliphatic carbocycles. The zero-order chi connectivity index (χ0) is 43.5. The number of fused-ring (bicyclic) bond motifs is 10. The highest BCUT2D eigenvalue weighted by Crippen LogP contribution is 2.59. The highest BCUT2D eigenvalue weighted by Gasteiger charge is 2.48. The molecule has 0 bridgehead atoms. The van der Waals surface area contributed by atoms with Crippen molar-refractivity contribution in [3.8, 4) is 44.5 Å². The maximum Gasteiger partial charge on any atom is 0.0470 e. The van der Waals surface area contributed by atoms with Crippen LogP contribution in [0.5, 0.6) is 0 Å². The predicted molar refractivity (Wildman–Crippen MR) is 267 cm³/mol. The van der Waals surface area contributed by atoms with Crippen LogP contribution in [0.3, 0.4) is 0 Å². The van der Waals surface area contributed by atoms with Crippen molar-refractivity contribution in [1.29, 1.82) is 0 Å². The Balaban J connectivity index is 1.08. The number of anilines is 3. The van der Waals surface area contributed by atoms with E-state index >= 15 is 0 Å². The monoisotopic (exact) mass is 815 g/mol. The smallest absolute Gasteiger partial charge is 0.0470 e. The maximum absolute atomic E-state index is 2.54. The van der Waals surface area contributed by atoms with Gasteiger partial charge in [-0.15, -0.1) is 0 Å². The average molecular weight is 816 g/mol. The van der Waals surface area contributed by atoms with Gasteiger partial charge in [-0.1, -0.05) is 195 Å². The van der Waals surface area contributed by atoms with Gasteiger partial charge in [-0.2, -0.15) is 0 Å². The van der Waals surface area contributed by atoms with Crippen LogP contribution in [0.2, 0.25) is 0 Å². The van der Waals surface area contributed by atoms with Crippen LogP contribution in [0.4, 0.5) is 17.1 Å². The summed E-state index contributed by atoms with van der Waals surface area (Å²) in [7, 11) is 0. The van der Waals surface area contributed by atoms with Crippen LogP contribution in [-0.2, 0) is 28.1 Å². The standard InChI is InChI=1S/C62H57N/c1-59(2,3)42-36-43(60(4,5)6)38-46(37-42)63(45-32-33-51-49-21-13-16-27-56(49)62(57(51)39-45)35-34-41-18-9-14-25-54(41)62)44-30-28-40(29-31-44)47-19-10-11-20-48(47)52-23-17-24-53-50-22-12-15-26-55(50)61(7,8)58(52)53/h9-33,36-39H,34-35H2,1-8H3. The molecule has 0 saturated heterocycles. The Hall–Kier alpha value is -6.44. The second-order valence-corrected chi connectivity index (χ2v) is 20.9. The van der Waals surface area contributed by atoms with Crippen molar-refractivity contribution in [2.75, 3.05) is 4.90 Å². The summed E-state index contributed by atoms with van der Waals surface area (Å²) in [5, 5.41) is 0. The van der Waals surface area contributed by atoms with Crippen molar-refractivity contribution in [2.45, 2.75) is 89.9 Å². The van der Waals surface area contributed by atoms with Gasteiger partial charge in [-0.05, 0) is 149 Å². The van der Waals surface area contributed by atoms with E-state index in [1.165, 1.54) is 100 Å². The number of nitrogens with zero attached hydrogens (tertiary/aromatic N) is 1. The van der Waals surface area contributed by atoms with Gasteiger partial charge in [-0.25, -0.2) is 0 Å². The summed E-state index contributed by atoms with van der Waals surface area (Å²) in [5.74, 6) is 0. The predicted octanol–water partition coefficient (Wildman–Crippen LogP) is 16.7. The fourth-order valence-electron chi connectivity index (χ4n) is 11.6. The minimum atomic E-state index is -0.171. The Morgan fingerprint density at radius 2 is 0.905 bits per heavy atom. The Morgan fingerprint density at radius 1 is 0.397 bits per heavy atom. The SMILES string of the molecule is CC(C)(C)c1cc(N(c2ccc(-c3ccccc3-c3cccc4c3C(C)(C)c3ccccc3-4)cc2)c2ccc3c(c2)C2(CCc4ccccc42)c2ccccc2-3)cc(C(C)(C)C)c1. The van der Waals surface area contributed by atoms with Gasteiger partial charge < -0.3 is 4.90 Å². The summed E-state index contributed by atoms with van der Waals surface area (Å²) < 4.78 is 0. The van der Waals surface area contributed by atoms with E-state index in [0.29, 0.717) is 0 Å². The first-order chi connectivity index (χ1) is 30.2. The lowest BCUT2D eigenvalue weighted by Crippen LogP contribution is -2.24. The summed E-state index contributed by atoms with van der Waals surface area (Å²) in [6.45, 7) is 18.8. The van der Waals surface area contributed by atoms with Gasteiger partial charge in [0.05, 0.1) is 0 Å². The van der Waals surface area contributed by atoms with Crippen LogP contribution in [-0.4, -0.2) is 0 Å². The molecule has 8 aromatic rings. The average Bonchev–Trinajstić information content (AvgIpc) is 3.89. The van der Waals surface area contributed by atoms with Crippen LogP contribution in [0, 0.1) is 0 Å². The molecule has 310 valence electrons. The molecule has 63 heavy (non-hydrogen) atoms. The summed E-state index contributed by atoms with van der Waals surface area (Å²) in [4.78, 5) is 2.53. The molecular weight excluding hydrogens is 759 g/mol. The Morgan fingerprint density at radius 3 is 1.57 bits per heavy atom. The topological polar surface area (TPSA) is 3.24 Å². The first-order valence-corrected chi connectivity index (χ1v) is 23.0. The van der Waals surface area contributed by atoms with E-state index in [0.717, 1.165) is 18.5 Å². The molecule has 0 aliphatic heterocycles. The van der Waals surface area contributed by atoms with E-state index in [2.05, 4.69) is 236 Å². The fraction of sp³-hybridized carbons (Fsp3) is 0.226. The molecule has 11 rings (SSSR count). The van der Waals surface area contributed by atoms with E-state index in [1.54, 1.807) is 0 Å². The normalized spacial score (nSPS) is 16.6. The fourth-order valence-corrected chi connectivity index (χ4v) is 11.6. The van der Waals surface area contributed by atoms with Crippen LogP contribution < -0.4 is 4.90 Å². The third kappa shape index (κ3) is 6.03. The molecule has 0 N–H and O–H groups in total. The minimum absolute atomic E-state index is 0.0278. The van der Waals surface area contributed by atoms with E-state index in [9.17, 15) is 0 Å². The third-order valence-corrected chi connectivity index (χ3v) is 14.8. The molecule has 1 unspecified atom stereocenters. The van der Waals surface area contributed by atoms with E-state index in [4.69, 9.17) is 0 Å². The quantitative estimate of drug-likeness (QED) is 0.167. The van der Waals surface area contributed by atoms with Crippen molar-refractivity contribution in [1.82, 2.24) is 0 Å². The van der Waals surface area contributed by atoms with Gasteiger partial charge >= 0.3 is 0 Å². The first-order valence-electron chi connectivity index (χ1n) is 23.0. The lowest BCUT2D eigenvalue weighted by molar-refractivity contribution is 0.569. The zero-order valence-electron chi connectivity index (χ0n) is 38.1. The van der Waals surface area contributed by atoms with E-state index in [1.807, 2.05) is 0 Å². The molecule has 0 heterocycles. The number of rotatable bonds is 5. The van der Waals surface area contributed by atoms with Crippen molar-refractivity contribution >= 4 is 17.1 Å².